The van der Waals surface area contributed by atoms with Crippen LogP contribution in [-0.4, -0.2) is 51.3 Å². The van der Waals surface area contributed by atoms with Crippen LogP contribution in [0.3, 0.4) is 0 Å². The van der Waals surface area contributed by atoms with Crippen molar-refractivity contribution in [3.8, 4) is 23.0 Å². The Kier molecular flexibility index (Phi) is 5.73. The van der Waals surface area contributed by atoms with Crippen LogP contribution in [0, 0.1) is 0 Å². The summed E-state index contributed by atoms with van der Waals surface area (Å²) in [4.78, 5) is 16.1. The Balaban J connectivity index is 2.04. The zero-order valence-corrected chi connectivity index (χ0v) is 16.3. The largest absolute Gasteiger partial charge is 0.493 e. The molecule has 0 amide bonds. The fraction of sp³-hybridized carbons (Fsp3) is 0.333. The van der Waals surface area contributed by atoms with Crippen LogP contribution in [0.25, 0.3) is 0 Å². The maximum absolute atomic E-state index is 11.6. The molecule has 7 nitrogen and oxygen atoms in total. The average molecular weight is 385 g/mol. The lowest BCUT2D eigenvalue weighted by Crippen LogP contribution is -2.29. The number of nitrogens with zero attached hydrogens (tertiary/aromatic N) is 1. The summed E-state index contributed by atoms with van der Waals surface area (Å²) in [7, 11) is 6.28. The van der Waals surface area contributed by atoms with Crippen LogP contribution in [0.1, 0.15) is 16.7 Å². The molecule has 0 fully saturated rings. The highest BCUT2D eigenvalue weighted by Gasteiger charge is 2.28. The third-order valence-electron chi connectivity index (χ3n) is 4.75. The van der Waals surface area contributed by atoms with Gasteiger partial charge in [0.1, 0.15) is 0 Å². The van der Waals surface area contributed by atoms with Gasteiger partial charge in [-0.1, -0.05) is 6.07 Å². The number of benzene rings is 2. The summed E-state index contributed by atoms with van der Waals surface area (Å²) in [6.45, 7) is 0. The van der Waals surface area contributed by atoms with E-state index in [1.54, 1.807) is 28.4 Å². The van der Waals surface area contributed by atoms with Gasteiger partial charge in [0.15, 0.2) is 29.0 Å². The van der Waals surface area contributed by atoms with Gasteiger partial charge in [-0.05, 0) is 35.4 Å². The van der Waals surface area contributed by atoms with E-state index < -0.39 is 12.0 Å². The van der Waals surface area contributed by atoms with E-state index in [-0.39, 0.29) is 0 Å². The molecule has 3 rings (SSSR count). The molecule has 1 aliphatic rings. The van der Waals surface area contributed by atoms with Crippen molar-refractivity contribution >= 4 is 11.7 Å². The van der Waals surface area contributed by atoms with E-state index in [0.717, 1.165) is 16.7 Å². The van der Waals surface area contributed by atoms with Crippen LogP contribution in [-0.2, 0) is 17.6 Å². The lowest BCUT2D eigenvalue weighted by Gasteiger charge is -2.23. The molecule has 28 heavy (non-hydrogen) atoms. The number of carbonyl (C=O) groups is 1. The van der Waals surface area contributed by atoms with Crippen LogP contribution in [0.2, 0.25) is 0 Å². The molecule has 0 saturated carbocycles. The Morgan fingerprint density at radius 2 is 1.57 bits per heavy atom. The van der Waals surface area contributed by atoms with E-state index in [2.05, 4.69) is 4.99 Å². The van der Waals surface area contributed by atoms with E-state index in [0.29, 0.717) is 41.6 Å². The fourth-order valence-corrected chi connectivity index (χ4v) is 3.34. The Morgan fingerprint density at radius 1 is 0.964 bits per heavy atom. The number of aliphatic carboxylic acids is 1. The van der Waals surface area contributed by atoms with Crippen molar-refractivity contribution < 1.29 is 28.8 Å². The van der Waals surface area contributed by atoms with Crippen LogP contribution in [0.4, 0.5) is 0 Å². The van der Waals surface area contributed by atoms with Gasteiger partial charge in [0.05, 0.1) is 28.4 Å². The minimum atomic E-state index is -0.953. The number of hydrogen-bond acceptors (Lipinski definition) is 6. The maximum Gasteiger partial charge on any atom is 0.328 e. The van der Waals surface area contributed by atoms with Crippen molar-refractivity contribution in [3.05, 3.63) is 47.0 Å². The normalized spacial score (nSPS) is 15.3. The molecule has 0 bridgehead atoms. The standard InChI is InChI=1S/C21H23NO6/c1-25-17-6-5-12(8-18(17)26-2)7-15-14-11-20(28-4)19(27-3)10-13(14)9-16(22-15)21(23)24/h5-6,8,10-11,16H,7,9H2,1-4H3,(H,23,24). The van der Waals surface area contributed by atoms with Crippen molar-refractivity contribution in [2.45, 2.75) is 18.9 Å². The summed E-state index contributed by atoms with van der Waals surface area (Å²) in [5, 5.41) is 9.53. The molecular weight excluding hydrogens is 362 g/mol. The van der Waals surface area contributed by atoms with Crippen molar-refractivity contribution in [1.29, 1.82) is 0 Å². The highest BCUT2D eigenvalue weighted by molar-refractivity contribution is 6.06. The number of methoxy groups -OCH3 is 4. The highest BCUT2D eigenvalue weighted by Crippen LogP contribution is 2.35. The number of fused-ring (bicyclic) bond motifs is 1. The van der Waals surface area contributed by atoms with Gasteiger partial charge in [-0.15, -0.1) is 0 Å². The minimum Gasteiger partial charge on any atom is -0.493 e. The first-order chi connectivity index (χ1) is 13.5. The lowest BCUT2D eigenvalue weighted by atomic mass is 9.90. The second kappa shape index (κ2) is 8.21. The number of ether oxygens (including phenoxy) is 4. The van der Waals surface area contributed by atoms with Gasteiger partial charge in [-0.2, -0.15) is 0 Å². The van der Waals surface area contributed by atoms with Gasteiger partial charge in [0.25, 0.3) is 0 Å². The van der Waals surface area contributed by atoms with Crippen molar-refractivity contribution in [2.24, 2.45) is 4.99 Å². The Labute approximate surface area is 163 Å². The van der Waals surface area contributed by atoms with Crippen molar-refractivity contribution in [1.82, 2.24) is 0 Å². The summed E-state index contributed by atoms with van der Waals surface area (Å²) < 4.78 is 21.4. The van der Waals surface area contributed by atoms with E-state index in [1.807, 2.05) is 30.3 Å². The summed E-state index contributed by atoms with van der Waals surface area (Å²) in [5.74, 6) is 1.43. The van der Waals surface area contributed by atoms with Crippen LogP contribution in [0.15, 0.2) is 35.3 Å². The number of rotatable bonds is 7. The summed E-state index contributed by atoms with van der Waals surface area (Å²) in [6.07, 6.45) is 0.757. The van der Waals surface area contributed by atoms with E-state index in [1.165, 1.54) is 0 Å². The van der Waals surface area contributed by atoms with Gasteiger partial charge in [-0.3, -0.25) is 4.99 Å². The molecule has 7 heteroatoms. The first-order valence-corrected chi connectivity index (χ1v) is 8.76. The van der Waals surface area contributed by atoms with E-state index in [9.17, 15) is 9.90 Å². The van der Waals surface area contributed by atoms with Crippen molar-refractivity contribution in [3.63, 3.8) is 0 Å². The quantitative estimate of drug-likeness (QED) is 0.789. The minimum absolute atomic E-state index is 0.306. The Bertz CT molecular complexity index is 921. The second-order valence-corrected chi connectivity index (χ2v) is 6.36. The van der Waals surface area contributed by atoms with Gasteiger partial charge in [0, 0.05) is 24.1 Å². The molecule has 1 atom stereocenters. The zero-order chi connectivity index (χ0) is 20.3. The summed E-state index contributed by atoms with van der Waals surface area (Å²) in [6, 6.07) is 8.45. The predicted molar refractivity (Wildman–Crippen MR) is 104 cm³/mol. The first kappa shape index (κ1) is 19.5. The Hall–Kier alpha value is -3.22. The molecule has 1 heterocycles. The summed E-state index contributed by atoms with van der Waals surface area (Å²) in [5.41, 5.74) is 3.35. The monoisotopic (exact) mass is 385 g/mol. The van der Waals surface area contributed by atoms with E-state index >= 15 is 0 Å². The van der Waals surface area contributed by atoms with Crippen molar-refractivity contribution in [2.75, 3.05) is 28.4 Å². The second-order valence-electron chi connectivity index (χ2n) is 6.36. The van der Waals surface area contributed by atoms with Crippen LogP contribution < -0.4 is 18.9 Å². The molecule has 0 aromatic heterocycles. The number of aliphatic imine (C=N–C) groups is 1. The fourth-order valence-electron chi connectivity index (χ4n) is 3.34. The molecule has 0 spiro atoms. The highest BCUT2D eigenvalue weighted by atomic mass is 16.5. The van der Waals surface area contributed by atoms with E-state index in [4.69, 9.17) is 18.9 Å². The lowest BCUT2D eigenvalue weighted by molar-refractivity contribution is -0.138. The molecule has 148 valence electrons. The van der Waals surface area contributed by atoms with Gasteiger partial charge >= 0.3 is 5.97 Å². The zero-order valence-electron chi connectivity index (χ0n) is 16.3. The summed E-state index contributed by atoms with van der Waals surface area (Å²) >= 11 is 0. The number of carboxylic acids is 1. The third-order valence-corrected chi connectivity index (χ3v) is 4.75. The topological polar surface area (TPSA) is 86.6 Å². The smallest absolute Gasteiger partial charge is 0.328 e. The molecular formula is C21H23NO6. The first-order valence-electron chi connectivity index (χ1n) is 8.76. The molecule has 1 aliphatic heterocycles. The molecule has 2 aromatic rings. The number of carboxylic acid groups (broad SMARTS) is 1. The molecule has 2 aromatic carbocycles. The Morgan fingerprint density at radius 3 is 2.18 bits per heavy atom. The number of hydrogen-bond donors (Lipinski definition) is 1. The average Bonchev–Trinajstić information content (AvgIpc) is 2.72. The van der Waals surface area contributed by atoms with Gasteiger partial charge in [0.2, 0.25) is 0 Å². The molecule has 0 aliphatic carbocycles. The maximum atomic E-state index is 11.6. The molecule has 0 saturated heterocycles. The third kappa shape index (κ3) is 3.74. The molecule has 1 N–H and O–H groups in total. The predicted octanol–water partition coefficient (Wildman–Crippen LogP) is 2.76. The SMILES string of the molecule is COc1ccc(CC2=NC(C(=O)O)Cc3cc(OC)c(OC)cc32)cc1OC. The van der Waals surface area contributed by atoms with Crippen LogP contribution >= 0.6 is 0 Å². The molecule has 1 unspecified atom stereocenters. The van der Waals surface area contributed by atoms with Gasteiger partial charge < -0.3 is 24.1 Å². The van der Waals surface area contributed by atoms with Crippen LogP contribution in [0.5, 0.6) is 23.0 Å². The van der Waals surface area contributed by atoms with Gasteiger partial charge in [-0.25, -0.2) is 4.79 Å². The molecule has 0 radical (unpaired) electrons.